The van der Waals surface area contributed by atoms with E-state index in [1.165, 1.54) is 0 Å². The molecule has 3 aliphatic rings. The Balaban J connectivity index is 1.78. The Morgan fingerprint density at radius 1 is 1.25 bits per heavy atom. The SMILES string of the molecule is CCC1(c2cccc(-c3cnn(C)c3C)c2)C2=C(CC(C)(C)NC2=O)NC2N=NC(C)=C21. The van der Waals surface area contributed by atoms with Gasteiger partial charge in [0.05, 0.1) is 22.9 Å². The molecule has 7 nitrogen and oxygen atoms in total. The zero-order valence-corrected chi connectivity index (χ0v) is 19.6. The largest absolute Gasteiger partial charge is 0.362 e. The first-order chi connectivity index (χ1) is 15.2. The highest BCUT2D eigenvalue weighted by Gasteiger charge is 2.54. The first-order valence-corrected chi connectivity index (χ1v) is 11.2. The fourth-order valence-electron chi connectivity index (χ4n) is 5.66. The minimum Gasteiger partial charge on any atom is -0.362 e. The predicted octanol–water partition coefficient (Wildman–Crippen LogP) is 4.27. The van der Waals surface area contributed by atoms with Gasteiger partial charge in [0.15, 0.2) is 6.17 Å². The number of hydrogen-bond donors (Lipinski definition) is 2. The van der Waals surface area contributed by atoms with Crippen LogP contribution < -0.4 is 10.6 Å². The second-order valence-electron chi connectivity index (χ2n) is 9.74. The summed E-state index contributed by atoms with van der Waals surface area (Å²) in [5, 5.41) is 20.2. The number of benzene rings is 1. The standard InChI is InChI=1S/C25H30N6O/c1-7-25(17-10-8-9-16(11-17)18-13-26-31(6)15(18)3)20-14(2)29-30-22(20)27-19-12-24(4,5)28-23(32)21(19)25/h8-11,13,22,27H,7,12H2,1-6H3,(H,28,32). The molecule has 7 heteroatoms. The molecule has 0 fully saturated rings. The Morgan fingerprint density at radius 2 is 2.03 bits per heavy atom. The molecule has 2 atom stereocenters. The van der Waals surface area contributed by atoms with Gasteiger partial charge < -0.3 is 10.6 Å². The fourth-order valence-corrected chi connectivity index (χ4v) is 5.66. The Bertz CT molecular complexity index is 1230. The van der Waals surface area contributed by atoms with Gasteiger partial charge in [0, 0.05) is 41.5 Å². The Labute approximate surface area is 188 Å². The van der Waals surface area contributed by atoms with Crippen molar-refractivity contribution >= 4 is 5.91 Å². The number of allylic oxidation sites excluding steroid dienone is 1. The normalized spacial score (nSPS) is 26.1. The quantitative estimate of drug-likeness (QED) is 0.763. The number of amides is 1. The average Bonchev–Trinajstić information content (AvgIpc) is 3.28. The van der Waals surface area contributed by atoms with E-state index >= 15 is 0 Å². The number of azo groups is 1. The highest BCUT2D eigenvalue weighted by Crippen LogP contribution is 2.53. The van der Waals surface area contributed by atoms with E-state index in [4.69, 9.17) is 0 Å². The lowest BCUT2D eigenvalue weighted by molar-refractivity contribution is -0.120. The molecule has 1 amide bonds. The van der Waals surface area contributed by atoms with Gasteiger partial charge >= 0.3 is 0 Å². The number of nitrogens with one attached hydrogen (secondary N) is 2. The molecule has 2 aromatic rings. The van der Waals surface area contributed by atoms with E-state index in [1.54, 1.807) is 0 Å². The average molecular weight is 431 g/mol. The Kier molecular flexibility index (Phi) is 4.45. The van der Waals surface area contributed by atoms with E-state index < -0.39 is 5.41 Å². The van der Waals surface area contributed by atoms with Crippen LogP contribution in [0.3, 0.4) is 0 Å². The van der Waals surface area contributed by atoms with Crippen LogP contribution in [0.5, 0.6) is 0 Å². The Hall–Kier alpha value is -3.22. The van der Waals surface area contributed by atoms with Crippen molar-refractivity contribution in [3.63, 3.8) is 0 Å². The van der Waals surface area contributed by atoms with E-state index in [2.05, 4.69) is 77.9 Å². The van der Waals surface area contributed by atoms with Crippen LogP contribution in [0.25, 0.3) is 11.1 Å². The molecule has 0 bridgehead atoms. The van der Waals surface area contributed by atoms with E-state index in [9.17, 15) is 4.79 Å². The Morgan fingerprint density at radius 3 is 2.72 bits per heavy atom. The van der Waals surface area contributed by atoms with Crippen LogP contribution in [-0.2, 0) is 17.3 Å². The summed E-state index contributed by atoms with van der Waals surface area (Å²) in [5.74, 6) is -0.0146. The minimum absolute atomic E-state index is 0.0146. The third-order valence-corrected chi connectivity index (χ3v) is 7.22. The van der Waals surface area contributed by atoms with Crippen molar-refractivity contribution in [2.45, 2.75) is 64.6 Å². The maximum Gasteiger partial charge on any atom is 0.250 e. The summed E-state index contributed by atoms with van der Waals surface area (Å²) in [4.78, 5) is 13.6. The lowest BCUT2D eigenvalue weighted by Crippen LogP contribution is -2.58. The summed E-state index contributed by atoms with van der Waals surface area (Å²) in [5.41, 5.74) is 7.23. The van der Waals surface area contributed by atoms with Crippen molar-refractivity contribution in [2.24, 2.45) is 17.3 Å². The molecular weight excluding hydrogens is 400 g/mol. The molecule has 0 saturated heterocycles. The van der Waals surface area contributed by atoms with E-state index in [0.29, 0.717) is 0 Å². The number of aromatic nitrogens is 2. The molecule has 2 N–H and O–H groups in total. The molecule has 0 spiro atoms. The van der Waals surface area contributed by atoms with E-state index in [1.807, 2.05) is 24.9 Å². The maximum absolute atomic E-state index is 13.6. The maximum atomic E-state index is 13.6. The number of aryl methyl sites for hydroxylation is 1. The van der Waals surface area contributed by atoms with Crippen molar-refractivity contribution in [1.29, 1.82) is 0 Å². The van der Waals surface area contributed by atoms with E-state index in [-0.39, 0.29) is 17.6 Å². The molecule has 5 rings (SSSR count). The number of carbonyl (C=O) groups excluding carboxylic acids is 1. The molecule has 0 radical (unpaired) electrons. The summed E-state index contributed by atoms with van der Waals surface area (Å²) >= 11 is 0. The van der Waals surface area contributed by atoms with Crippen LogP contribution >= 0.6 is 0 Å². The van der Waals surface area contributed by atoms with Gasteiger partial charge in [-0.05, 0) is 51.3 Å². The topological polar surface area (TPSA) is 83.7 Å². The van der Waals surface area contributed by atoms with Gasteiger partial charge in [0.2, 0.25) is 0 Å². The predicted molar refractivity (Wildman–Crippen MR) is 124 cm³/mol. The van der Waals surface area contributed by atoms with Gasteiger partial charge in [0.25, 0.3) is 5.91 Å². The van der Waals surface area contributed by atoms with Gasteiger partial charge in [-0.1, -0.05) is 25.1 Å². The smallest absolute Gasteiger partial charge is 0.250 e. The number of hydrogen-bond acceptors (Lipinski definition) is 5. The van der Waals surface area contributed by atoms with Crippen LogP contribution in [0.15, 0.2) is 63.2 Å². The monoisotopic (exact) mass is 430 g/mol. The summed E-state index contributed by atoms with van der Waals surface area (Å²) < 4.78 is 1.89. The summed E-state index contributed by atoms with van der Waals surface area (Å²) in [6.45, 7) is 10.3. The van der Waals surface area contributed by atoms with Crippen LogP contribution in [0.2, 0.25) is 0 Å². The van der Waals surface area contributed by atoms with Crippen LogP contribution in [0.1, 0.15) is 51.8 Å². The van der Waals surface area contributed by atoms with Crippen LogP contribution in [-0.4, -0.2) is 27.4 Å². The molecule has 4 heterocycles. The van der Waals surface area contributed by atoms with Crippen molar-refractivity contribution < 1.29 is 4.79 Å². The number of carbonyl (C=O) groups is 1. The van der Waals surface area contributed by atoms with Gasteiger partial charge in [-0.25, -0.2) is 0 Å². The van der Waals surface area contributed by atoms with Gasteiger partial charge in [0.1, 0.15) is 0 Å². The van der Waals surface area contributed by atoms with Gasteiger partial charge in [-0.3, -0.25) is 9.48 Å². The summed E-state index contributed by atoms with van der Waals surface area (Å²) in [6.07, 6.45) is 3.14. The molecule has 166 valence electrons. The van der Waals surface area contributed by atoms with Crippen molar-refractivity contribution in [2.75, 3.05) is 0 Å². The minimum atomic E-state index is -0.592. The van der Waals surface area contributed by atoms with Crippen molar-refractivity contribution in [1.82, 2.24) is 20.4 Å². The summed E-state index contributed by atoms with van der Waals surface area (Å²) in [7, 11) is 1.95. The second kappa shape index (κ2) is 6.89. The summed E-state index contributed by atoms with van der Waals surface area (Å²) in [6, 6.07) is 8.54. The number of nitrogens with zero attached hydrogens (tertiary/aromatic N) is 4. The lowest BCUT2D eigenvalue weighted by atomic mass is 9.61. The third-order valence-electron chi connectivity index (χ3n) is 7.22. The first-order valence-electron chi connectivity index (χ1n) is 11.2. The zero-order valence-electron chi connectivity index (χ0n) is 19.6. The molecule has 1 aromatic carbocycles. The molecule has 0 aliphatic carbocycles. The van der Waals surface area contributed by atoms with Crippen LogP contribution in [0, 0.1) is 6.92 Å². The molecule has 1 aromatic heterocycles. The van der Waals surface area contributed by atoms with Crippen LogP contribution in [0.4, 0.5) is 0 Å². The third kappa shape index (κ3) is 2.80. The second-order valence-corrected chi connectivity index (χ2v) is 9.74. The fraction of sp³-hybridized carbons (Fsp3) is 0.440. The molecule has 32 heavy (non-hydrogen) atoms. The van der Waals surface area contributed by atoms with Gasteiger partial charge in [-0.2, -0.15) is 15.3 Å². The molecule has 0 saturated carbocycles. The molecular formula is C25H30N6O. The van der Waals surface area contributed by atoms with Crippen molar-refractivity contribution in [3.05, 3.63) is 64.3 Å². The van der Waals surface area contributed by atoms with E-state index in [0.717, 1.165) is 57.8 Å². The zero-order chi connectivity index (χ0) is 22.8. The number of rotatable bonds is 3. The molecule has 3 aliphatic heterocycles. The first kappa shape index (κ1) is 20.7. The molecule has 2 unspecified atom stereocenters. The highest BCUT2D eigenvalue weighted by atomic mass is 16.2. The highest BCUT2D eigenvalue weighted by molar-refractivity contribution is 6.00. The van der Waals surface area contributed by atoms with Gasteiger partial charge in [-0.15, -0.1) is 0 Å². The van der Waals surface area contributed by atoms with Crippen molar-refractivity contribution in [3.8, 4) is 11.1 Å². The lowest BCUT2D eigenvalue weighted by Gasteiger charge is -2.48. The number of fused-ring (bicyclic) bond motifs is 1.